The first-order chi connectivity index (χ1) is 23.7. The summed E-state index contributed by atoms with van der Waals surface area (Å²) in [4.78, 5) is 4.84. The molecule has 6 heteroatoms. The Bertz CT molecular complexity index is 2620. The summed E-state index contributed by atoms with van der Waals surface area (Å²) in [7, 11) is 0. The molecule has 0 unspecified atom stereocenters. The number of aryl methyl sites for hydroxylation is 1. The zero-order valence-corrected chi connectivity index (χ0v) is 28.8. The van der Waals surface area contributed by atoms with Gasteiger partial charge < -0.3 is 9.30 Å². The van der Waals surface area contributed by atoms with Crippen LogP contribution in [0.5, 0.6) is 11.5 Å². The number of hydrogen-bond acceptors (Lipinski definition) is 2. The predicted octanol–water partition coefficient (Wildman–Crippen LogP) is 10.6. The number of rotatable bonds is 6. The van der Waals surface area contributed by atoms with Gasteiger partial charge in [0.1, 0.15) is 11.5 Å². The number of hydrogen-bond donors (Lipinski definition) is 0. The van der Waals surface area contributed by atoms with Crippen LogP contribution in [0.3, 0.4) is 0 Å². The molecule has 0 bridgehead atoms. The summed E-state index contributed by atoms with van der Waals surface area (Å²) in [5, 5.41) is 2.22. The molecule has 0 fully saturated rings. The molecule has 0 radical (unpaired) electrons. The number of nitrogens with zero attached hydrogens (tertiary/aromatic N) is 4. The third kappa shape index (κ3) is 5.43. The number of aromatic nitrogens is 4. The van der Waals surface area contributed by atoms with Gasteiger partial charge in [0, 0.05) is 62.1 Å². The smallest absolute Gasteiger partial charge is 0.168 e. The average molecular weight is 813 g/mol. The van der Waals surface area contributed by atoms with Gasteiger partial charge in [-0.2, -0.15) is 16.7 Å². The molecule has 49 heavy (non-hydrogen) atoms. The molecule has 6 aromatic carbocycles. The van der Waals surface area contributed by atoms with Crippen LogP contribution in [0.25, 0.3) is 61.2 Å². The maximum Gasteiger partial charge on any atom is 0.168 e. The molecular formula is C43H29N4OPt-. The normalized spacial score (nSPS) is 11.2. The molecule has 0 aliphatic carbocycles. The molecule has 3 heterocycles. The van der Waals surface area contributed by atoms with E-state index in [1.165, 1.54) is 11.1 Å². The first kappa shape index (κ1) is 30.6. The van der Waals surface area contributed by atoms with E-state index < -0.39 is 0 Å². The van der Waals surface area contributed by atoms with E-state index in [-0.39, 0.29) is 21.1 Å². The fraction of sp³-hybridized carbons (Fsp3) is 0.0233. The Labute approximate surface area is 298 Å². The Balaban J connectivity index is 0.00000348. The van der Waals surface area contributed by atoms with Gasteiger partial charge in [0.05, 0.1) is 0 Å². The van der Waals surface area contributed by atoms with E-state index in [2.05, 4.69) is 154 Å². The van der Waals surface area contributed by atoms with Crippen LogP contribution < -0.4 is 4.74 Å². The van der Waals surface area contributed by atoms with Gasteiger partial charge in [0.2, 0.25) is 0 Å². The van der Waals surface area contributed by atoms with Gasteiger partial charge in [0.25, 0.3) is 0 Å². The quantitative estimate of drug-likeness (QED) is 0.157. The number of pyridine rings is 1. The molecule has 0 saturated heterocycles. The molecule has 0 aliphatic heterocycles. The molecule has 0 N–H and O–H groups in total. The molecule has 0 spiro atoms. The van der Waals surface area contributed by atoms with Crippen LogP contribution in [0.2, 0.25) is 0 Å². The van der Waals surface area contributed by atoms with Crippen molar-refractivity contribution in [3.63, 3.8) is 0 Å². The van der Waals surface area contributed by atoms with E-state index in [1.807, 2.05) is 36.5 Å². The van der Waals surface area contributed by atoms with Gasteiger partial charge in [-0.15, -0.1) is 29.7 Å². The van der Waals surface area contributed by atoms with E-state index in [0.29, 0.717) is 11.5 Å². The fourth-order valence-corrected chi connectivity index (χ4v) is 6.63. The van der Waals surface area contributed by atoms with Gasteiger partial charge >= 0.3 is 0 Å². The van der Waals surface area contributed by atoms with Crippen molar-refractivity contribution in [2.24, 2.45) is 0 Å². The molecular weight excluding hydrogens is 784 g/mol. The Kier molecular flexibility index (Phi) is 7.91. The molecule has 238 valence electrons. The Hall–Kier alpha value is -5.77. The first-order valence-corrected chi connectivity index (χ1v) is 16.0. The number of ether oxygens (including phenoxy) is 1. The van der Waals surface area contributed by atoms with E-state index in [9.17, 15) is 0 Å². The predicted molar refractivity (Wildman–Crippen MR) is 194 cm³/mol. The molecule has 9 rings (SSSR count). The first-order valence-electron chi connectivity index (χ1n) is 16.0. The minimum Gasteiger partial charge on any atom is -0.508 e. The van der Waals surface area contributed by atoms with E-state index in [1.54, 1.807) is 0 Å². The number of para-hydroxylation sites is 4. The maximum absolute atomic E-state index is 6.48. The van der Waals surface area contributed by atoms with Crippen LogP contribution in [0, 0.1) is 19.1 Å². The maximum atomic E-state index is 6.48. The Morgan fingerprint density at radius 2 is 1.33 bits per heavy atom. The summed E-state index contributed by atoms with van der Waals surface area (Å²) in [6.45, 7) is 2.14. The van der Waals surface area contributed by atoms with Crippen molar-refractivity contribution in [2.75, 3.05) is 0 Å². The molecule has 5 nitrogen and oxygen atoms in total. The van der Waals surface area contributed by atoms with E-state index >= 15 is 0 Å². The molecule has 3 aromatic heterocycles. The second kappa shape index (κ2) is 12.7. The summed E-state index contributed by atoms with van der Waals surface area (Å²) in [6.07, 6.45) is 3.98. The Morgan fingerprint density at radius 1 is 0.612 bits per heavy atom. The van der Waals surface area contributed by atoms with Gasteiger partial charge in [-0.25, -0.2) is 9.55 Å². The zero-order valence-electron chi connectivity index (χ0n) is 26.5. The van der Waals surface area contributed by atoms with Crippen LogP contribution in [0.4, 0.5) is 0 Å². The largest absolute Gasteiger partial charge is 0.508 e. The third-order valence-electron chi connectivity index (χ3n) is 8.89. The summed E-state index contributed by atoms with van der Waals surface area (Å²) in [5.74, 6) is 2.04. The standard InChI is InChI=1S/C43H29N4O.Pt/c1-30-12-5-6-17-36(30)31-24-25-44-43(26-31)47-39-19-8-7-18-37(39)38-23-22-35(28-42(38)47)48-34-16-11-15-33(27-34)46-29-45(32-13-3-2-4-14-32)40-20-9-10-21-41(40)46;/h2-26,29H,1H3;/q-1;. The van der Waals surface area contributed by atoms with Gasteiger partial charge in [-0.1, -0.05) is 84.4 Å². The van der Waals surface area contributed by atoms with Crippen molar-refractivity contribution in [1.82, 2.24) is 18.7 Å². The van der Waals surface area contributed by atoms with Crippen LogP contribution in [-0.2, 0) is 21.1 Å². The summed E-state index contributed by atoms with van der Waals surface area (Å²) in [5.41, 5.74) is 9.66. The SMILES string of the molecule is Cc1ccccc1-c1ccnc(-n2c3[c-]c(Oc4[c-]c(-n5[cH+]n(-c6ccccc6)c6ccccc65)ccc4)ccc3c3ccccc32)c1.[Pt]. The van der Waals surface area contributed by atoms with Crippen molar-refractivity contribution in [1.29, 1.82) is 0 Å². The van der Waals surface area contributed by atoms with Crippen molar-refractivity contribution in [3.8, 4) is 39.8 Å². The molecule has 0 amide bonds. The van der Waals surface area contributed by atoms with Crippen molar-refractivity contribution >= 4 is 32.8 Å². The van der Waals surface area contributed by atoms with E-state index in [4.69, 9.17) is 9.72 Å². The second-order valence-electron chi connectivity index (χ2n) is 11.8. The monoisotopic (exact) mass is 812 g/mol. The van der Waals surface area contributed by atoms with Crippen LogP contribution in [0.1, 0.15) is 5.56 Å². The topological polar surface area (TPSA) is 36.9 Å². The number of imidazole rings is 1. The minimum absolute atomic E-state index is 0. The van der Waals surface area contributed by atoms with Crippen molar-refractivity contribution in [3.05, 3.63) is 176 Å². The summed E-state index contributed by atoms with van der Waals surface area (Å²) >= 11 is 0. The number of fused-ring (bicyclic) bond motifs is 4. The average Bonchev–Trinajstić information content (AvgIpc) is 3.69. The molecule has 9 aromatic rings. The van der Waals surface area contributed by atoms with E-state index in [0.717, 1.165) is 55.6 Å². The zero-order chi connectivity index (χ0) is 32.0. The Morgan fingerprint density at radius 3 is 2.16 bits per heavy atom. The minimum atomic E-state index is 0. The second-order valence-corrected chi connectivity index (χ2v) is 11.8. The van der Waals surface area contributed by atoms with Crippen LogP contribution in [-0.4, -0.2) is 18.7 Å². The third-order valence-corrected chi connectivity index (χ3v) is 8.89. The summed E-state index contributed by atoms with van der Waals surface area (Å²) < 4.78 is 13.0. The van der Waals surface area contributed by atoms with Crippen LogP contribution in [0.15, 0.2) is 158 Å². The van der Waals surface area contributed by atoms with Gasteiger partial charge in [0.15, 0.2) is 17.4 Å². The van der Waals surface area contributed by atoms with Gasteiger partial charge in [-0.05, 0) is 59.3 Å². The van der Waals surface area contributed by atoms with Crippen molar-refractivity contribution in [2.45, 2.75) is 6.92 Å². The van der Waals surface area contributed by atoms with Crippen LogP contribution >= 0.6 is 0 Å². The van der Waals surface area contributed by atoms with Gasteiger partial charge in [-0.3, -0.25) is 0 Å². The number of benzene rings is 6. The molecule has 0 atom stereocenters. The molecule has 0 aliphatic rings. The van der Waals surface area contributed by atoms with Crippen molar-refractivity contribution < 1.29 is 25.8 Å². The summed E-state index contributed by atoms with van der Waals surface area (Å²) in [6, 6.07) is 57.0. The molecule has 0 saturated carbocycles. The fourth-order valence-electron chi connectivity index (χ4n) is 6.63.